The molecule has 1 aromatic carbocycles. The quantitative estimate of drug-likeness (QED) is 0.552. The number of halogens is 3. The van der Waals surface area contributed by atoms with Gasteiger partial charge in [-0.15, -0.1) is 0 Å². The average molecular weight is 436 g/mol. The Hall–Kier alpha value is -2.90. The molecule has 0 aliphatic rings. The van der Waals surface area contributed by atoms with Crippen LogP contribution in [-0.2, 0) is 5.67 Å². The van der Waals surface area contributed by atoms with Crippen molar-refractivity contribution in [3.05, 3.63) is 85.0 Å². The van der Waals surface area contributed by atoms with E-state index in [0.29, 0.717) is 5.02 Å². The van der Waals surface area contributed by atoms with Crippen LogP contribution in [-0.4, -0.2) is 15.0 Å². The minimum atomic E-state index is -2.13. The highest BCUT2D eigenvalue weighted by atomic mass is 35.5. The van der Waals surface area contributed by atoms with Gasteiger partial charge in [-0.25, -0.2) is 9.37 Å². The Morgan fingerprint density at radius 3 is 2.55 bits per heavy atom. The lowest BCUT2D eigenvalue weighted by Crippen LogP contribution is -2.23. The maximum atomic E-state index is 15.4. The highest BCUT2D eigenvalue weighted by Gasteiger charge is 2.31. The van der Waals surface area contributed by atoms with Gasteiger partial charge in [0.05, 0.1) is 15.7 Å². The van der Waals surface area contributed by atoms with E-state index in [-0.39, 0.29) is 39.3 Å². The molecule has 0 saturated heterocycles. The summed E-state index contributed by atoms with van der Waals surface area (Å²) in [7, 11) is 0. The standard InChI is InChI=1S/C20H16Cl2FN3O3/c1-3-9-20(2,23)17-16(29-11-7-8-12(21)13(22)10-11)19(28)26-18(25-17)14-5-4-6-15(27)24-14/h3-10H,1-2H3,(H,24,27)(H,25,26,28). The molecule has 150 valence electrons. The Morgan fingerprint density at radius 2 is 1.90 bits per heavy atom. The molecule has 1 unspecified atom stereocenters. The fourth-order valence-corrected chi connectivity index (χ4v) is 2.94. The summed E-state index contributed by atoms with van der Waals surface area (Å²) < 4.78 is 21.0. The average Bonchev–Trinajstić information content (AvgIpc) is 2.66. The van der Waals surface area contributed by atoms with Crippen molar-refractivity contribution in [3.8, 4) is 23.0 Å². The molecule has 3 rings (SSSR count). The van der Waals surface area contributed by atoms with Crippen molar-refractivity contribution in [1.82, 2.24) is 15.0 Å². The predicted molar refractivity (Wildman–Crippen MR) is 111 cm³/mol. The highest BCUT2D eigenvalue weighted by Crippen LogP contribution is 2.35. The summed E-state index contributed by atoms with van der Waals surface area (Å²) in [6.45, 7) is 2.88. The third-order valence-corrected chi connectivity index (χ3v) is 4.69. The lowest BCUT2D eigenvalue weighted by molar-refractivity contribution is 0.247. The van der Waals surface area contributed by atoms with Gasteiger partial charge in [-0.1, -0.05) is 35.3 Å². The van der Waals surface area contributed by atoms with Crippen molar-refractivity contribution in [3.63, 3.8) is 0 Å². The van der Waals surface area contributed by atoms with Gasteiger partial charge >= 0.3 is 0 Å². The highest BCUT2D eigenvalue weighted by molar-refractivity contribution is 6.42. The number of H-pyrrole nitrogens is 2. The van der Waals surface area contributed by atoms with Gasteiger partial charge in [0.2, 0.25) is 11.3 Å². The monoisotopic (exact) mass is 435 g/mol. The summed E-state index contributed by atoms with van der Waals surface area (Å²) in [5.41, 5.74) is -3.27. The van der Waals surface area contributed by atoms with E-state index in [9.17, 15) is 9.59 Å². The SMILES string of the molecule is CC=CC(C)(F)c1nc(-c2cccc(=O)[nH]2)[nH]c(=O)c1Oc1ccc(Cl)c(Cl)c1. The van der Waals surface area contributed by atoms with E-state index in [2.05, 4.69) is 15.0 Å². The minimum Gasteiger partial charge on any atom is -0.449 e. The largest absolute Gasteiger partial charge is 0.449 e. The van der Waals surface area contributed by atoms with Crippen LogP contribution in [0.2, 0.25) is 10.0 Å². The molecule has 2 aromatic heterocycles. The lowest BCUT2D eigenvalue weighted by Gasteiger charge is -2.19. The lowest BCUT2D eigenvalue weighted by atomic mass is 10.0. The van der Waals surface area contributed by atoms with Crippen LogP contribution in [0.15, 0.2) is 58.1 Å². The maximum Gasteiger partial charge on any atom is 0.294 e. The third kappa shape index (κ3) is 4.58. The van der Waals surface area contributed by atoms with Crippen LogP contribution in [0.3, 0.4) is 0 Å². The summed E-state index contributed by atoms with van der Waals surface area (Å²) in [6, 6.07) is 8.72. The molecule has 0 radical (unpaired) electrons. The van der Waals surface area contributed by atoms with Gasteiger partial charge in [0.1, 0.15) is 11.4 Å². The first-order chi connectivity index (χ1) is 13.7. The first-order valence-corrected chi connectivity index (χ1v) is 9.27. The van der Waals surface area contributed by atoms with E-state index < -0.39 is 11.2 Å². The predicted octanol–water partition coefficient (Wildman–Crippen LogP) is 4.99. The molecule has 2 heterocycles. The number of nitrogens with zero attached hydrogens (tertiary/aromatic N) is 1. The van der Waals surface area contributed by atoms with E-state index in [1.165, 1.54) is 55.5 Å². The van der Waals surface area contributed by atoms with Crippen molar-refractivity contribution in [2.45, 2.75) is 19.5 Å². The van der Waals surface area contributed by atoms with E-state index in [1.807, 2.05) is 0 Å². The second-order valence-corrected chi connectivity index (χ2v) is 7.09. The summed E-state index contributed by atoms with van der Waals surface area (Å²) in [6.07, 6.45) is 2.74. The molecular formula is C20H16Cl2FN3O3. The Kier molecular flexibility index (Phi) is 5.91. The van der Waals surface area contributed by atoms with E-state index in [4.69, 9.17) is 27.9 Å². The fraction of sp³-hybridized carbons (Fsp3) is 0.150. The molecule has 29 heavy (non-hydrogen) atoms. The van der Waals surface area contributed by atoms with E-state index in [1.54, 1.807) is 6.92 Å². The summed E-state index contributed by atoms with van der Waals surface area (Å²) in [5, 5.41) is 0.518. The second kappa shape index (κ2) is 8.23. The molecule has 0 fully saturated rings. The maximum absolute atomic E-state index is 15.4. The number of alkyl halides is 1. The zero-order chi connectivity index (χ0) is 21.2. The number of hydrogen-bond acceptors (Lipinski definition) is 4. The number of hydrogen-bond donors (Lipinski definition) is 2. The number of aromatic amines is 2. The van der Waals surface area contributed by atoms with E-state index >= 15 is 4.39 Å². The number of aromatic nitrogens is 3. The fourth-order valence-electron chi connectivity index (χ4n) is 2.65. The number of allylic oxidation sites excluding steroid dienone is 2. The van der Waals surface area contributed by atoms with Crippen LogP contribution in [0.4, 0.5) is 4.39 Å². The van der Waals surface area contributed by atoms with Crippen molar-refractivity contribution < 1.29 is 9.13 Å². The number of benzene rings is 1. The van der Waals surface area contributed by atoms with Crippen LogP contribution in [0.1, 0.15) is 19.5 Å². The van der Waals surface area contributed by atoms with Crippen molar-refractivity contribution in [1.29, 1.82) is 0 Å². The first kappa shape index (κ1) is 20.8. The molecule has 9 heteroatoms. The molecule has 0 saturated carbocycles. The van der Waals surface area contributed by atoms with Crippen molar-refractivity contribution in [2.24, 2.45) is 0 Å². The van der Waals surface area contributed by atoms with Gasteiger partial charge in [-0.2, -0.15) is 0 Å². The third-order valence-electron chi connectivity index (χ3n) is 3.95. The Bertz CT molecular complexity index is 1200. The van der Waals surface area contributed by atoms with Gasteiger partial charge < -0.3 is 14.7 Å². The van der Waals surface area contributed by atoms with Crippen LogP contribution >= 0.6 is 23.2 Å². The zero-order valence-corrected chi connectivity index (χ0v) is 16.9. The Morgan fingerprint density at radius 1 is 1.14 bits per heavy atom. The summed E-state index contributed by atoms with van der Waals surface area (Å²) >= 11 is 11.9. The van der Waals surface area contributed by atoms with Gasteiger partial charge in [0, 0.05) is 12.1 Å². The molecule has 0 amide bonds. The van der Waals surface area contributed by atoms with Gasteiger partial charge in [0.15, 0.2) is 11.5 Å². The molecule has 0 bridgehead atoms. The molecule has 6 nitrogen and oxygen atoms in total. The van der Waals surface area contributed by atoms with E-state index in [0.717, 1.165) is 0 Å². The Labute approximate surface area is 175 Å². The van der Waals surface area contributed by atoms with Crippen molar-refractivity contribution in [2.75, 3.05) is 0 Å². The molecular weight excluding hydrogens is 420 g/mol. The smallest absolute Gasteiger partial charge is 0.294 e. The van der Waals surface area contributed by atoms with Gasteiger partial charge in [-0.3, -0.25) is 9.59 Å². The molecule has 3 aromatic rings. The molecule has 0 spiro atoms. The molecule has 0 aliphatic carbocycles. The van der Waals surface area contributed by atoms with Crippen LogP contribution in [0.5, 0.6) is 11.5 Å². The van der Waals surface area contributed by atoms with Gasteiger partial charge in [-0.05, 0) is 38.1 Å². The van der Waals surface area contributed by atoms with Crippen LogP contribution in [0.25, 0.3) is 11.5 Å². The summed E-state index contributed by atoms with van der Waals surface area (Å²) in [4.78, 5) is 33.6. The number of pyridine rings is 1. The van der Waals surface area contributed by atoms with Crippen LogP contribution in [0, 0.1) is 0 Å². The van der Waals surface area contributed by atoms with Crippen molar-refractivity contribution >= 4 is 23.2 Å². The summed E-state index contributed by atoms with van der Waals surface area (Å²) in [5.74, 6) is -0.156. The number of rotatable bonds is 5. The molecule has 0 aliphatic heterocycles. The Balaban J connectivity index is 2.20. The molecule has 2 N–H and O–H groups in total. The van der Waals surface area contributed by atoms with Crippen LogP contribution < -0.4 is 15.9 Å². The minimum absolute atomic E-state index is 0.00225. The number of ether oxygens (including phenoxy) is 1. The topological polar surface area (TPSA) is 87.8 Å². The zero-order valence-electron chi connectivity index (χ0n) is 15.4. The normalized spacial score (nSPS) is 13.4. The number of nitrogens with one attached hydrogen (secondary N) is 2. The van der Waals surface area contributed by atoms with Gasteiger partial charge in [0.25, 0.3) is 5.56 Å². The molecule has 1 atom stereocenters. The first-order valence-electron chi connectivity index (χ1n) is 8.51. The second-order valence-electron chi connectivity index (χ2n) is 6.27.